The summed E-state index contributed by atoms with van der Waals surface area (Å²) in [7, 11) is 0. The first-order valence-corrected chi connectivity index (χ1v) is 31.8. The summed E-state index contributed by atoms with van der Waals surface area (Å²) in [5.41, 5.74) is -1.54. The fraction of sp³-hybridized carbons (Fsp3) is 0.415. The standard InChI is InChI=1S/C65H82N14O17/c80-50(17-7-18-53(83)96-79-51(81)19-20-52(79)82)66-21-2-1-8-41-40-77-34-26-71-62(92)46-13-3-9-42(54(46)84)58(88)67-22-30-75(31-23-68-59(89)43-10-4-14-47(55(43)85)63(93)72-27-35-77)38-39-76-32-24-69-60(90)44-11-5-15-48(56(44)86)64(94)73-28-36-78(41)37-29-74-65(95)49-16-6-12-45(57(49)87)61(91)70-25-33-76/h3-6,9-16,19-20,41,81-82,84-87H,1-2,7-8,17-18,21-40H2,(H,66,80)(H,67,88)(H,68,89)(H,69,90)(H,70,91)(H,71,92)(H,72,93)(H,73,94)(H,74,95). The van der Waals surface area contributed by atoms with Crippen LogP contribution in [0.1, 0.15) is 121 Å². The summed E-state index contributed by atoms with van der Waals surface area (Å²) in [5, 5.41) is 91.2. The lowest BCUT2D eigenvalue weighted by molar-refractivity contribution is -0.145. The molecule has 8 rings (SSSR count). The predicted octanol–water partition coefficient (Wildman–Crippen LogP) is -0.610. The predicted molar refractivity (Wildman–Crippen MR) is 346 cm³/mol. The van der Waals surface area contributed by atoms with Crippen molar-refractivity contribution in [3.8, 4) is 34.8 Å². The van der Waals surface area contributed by atoms with E-state index < -0.39 is 94.0 Å². The molecule has 3 aliphatic heterocycles. The SMILES string of the molecule is O=C(CCCC(=O)On1c(O)ccc1O)NCCCCC1CN2CCNC(=O)c3cccc(c3O)C(=O)NCCN(CCNC(=O)c3cccc(c3O)C(=O)NCC2)CCN2CCNC(=O)c3cccc(c3O)C(=O)NCCN1CCNC(=O)c1cccc(c1O)C(=O)NCC2. The molecule has 0 saturated heterocycles. The van der Waals surface area contributed by atoms with Gasteiger partial charge in [-0.3, -0.25) is 62.8 Å². The van der Waals surface area contributed by atoms with Crippen molar-refractivity contribution in [3.05, 3.63) is 129 Å². The van der Waals surface area contributed by atoms with Crippen LogP contribution in [0.15, 0.2) is 84.9 Å². The Balaban J connectivity index is 1.16. The van der Waals surface area contributed by atoms with Crippen LogP contribution in [0.2, 0.25) is 0 Å². The largest absolute Gasteiger partial charge is 0.506 e. The minimum atomic E-state index is -0.811. The number of aromatic hydroxyl groups is 6. The van der Waals surface area contributed by atoms with Gasteiger partial charge in [0.05, 0.1) is 44.5 Å². The molecule has 31 heteroatoms. The van der Waals surface area contributed by atoms with E-state index in [2.05, 4.69) is 47.9 Å². The Morgan fingerprint density at radius 1 is 0.385 bits per heavy atom. The minimum absolute atomic E-state index is 0.0158. The second-order valence-electron chi connectivity index (χ2n) is 23.0. The van der Waals surface area contributed by atoms with Crippen molar-refractivity contribution in [2.45, 2.75) is 44.6 Å². The van der Waals surface area contributed by atoms with Gasteiger partial charge in [0.2, 0.25) is 17.7 Å². The average Bonchev–Trinajstić information content (AvgIpc) is 1.16. The molecular formula is C65H82N14O17. The number of benzene rings is 4. The monoisotopic (exact) mass is 1330 g/mol. The zero-order valence-corrected chi connectivity index (χ0v) is 53.0. The van der Waals surface area contributed by atoms with Crippen LogP contribution in [-0.2, 0) is 9.59 Å². The maximum atomic E-state index is 14.1. The second kappa shape index (κ2) is 35.1. The number of nitrogens with one attached hydrogen (secondary N) is 9. The number of hydrogen-bond acceptors (Lipinski definition) is 21. The van der Waals surface area contributed by atoms with Crippen molar-refractivity contribution in [2.75, 3.05) is 131 Å². The molecule has 5 aromatic rings. The lowest BCUT2D eigenvalue weighted by atomic mass is 10.1. The van der Waals surface area contributed by atoms with Crippen LogP contribution >= 0.6 is 0 Å². The summed E-state index contributed by atoms with van der Waals surface area (Å²) in [5.74, 6) is -10.2. The highest BCUT2D eigenvalue weighted by Crippen LogP contribution is 2.27. The lowest BCUT2D eigenvalue weighted by Crippen LogP contribution is -2.51. The third kappa shape index (κ3) is 19.8. The number of nitrogens with zero attached hydrogens (tertiary/aromatic N) is 5. The number of para-hydroxylation sites is 4. The molecule has 0 spiro atoms. The topological polar surface area (TPSA) is 427 Å². The van der Waals surface area contributed by atoms with E-state index in [9.17, 15) is 78.6 Å². The van der Waals surface area contributed by atoms with Crippen LogP contribution < -0.4 is 52.7 Å². The lowest BCUT2D eigenvalue weighted by Gasteiger charge is -2.36. The van der Waals surface area contributed by atoms with Crippen molar-refractivity contribution in [2.24, 2.45) is 0 Å². The van der Waals surface area contributed by atoms with E-state index >= 15 is 0 Å². The van der Waals surface area contributed by atoms with E-state index in [1.165, 1.54) is 72.8 Å². The first-order chi connectivity index (χ1) is 46.3. The molecule has 15 N–H and O–H groups in total. The van der Waals surface area contributed by atoms with Gasteiger partial charge in [-0.15, -0.1) is 4.73 Å². The van der Waals surface area contributed by atoms with Crippen molar-refractivity contribution >= 4 is 59.1 Å². The maximum Gasteiger partial charge on any atom is 0.333 e. The molecule has 0 aliphatic carbocycles. The Hall–Kier alpha value is -10.5. The van der Waals surface area contributed by atoms with E-state index in [0.29, 0.717) is 24.0 Å². The number of rotatable bonds is 10. The van der Waals surface area contributed by atoms with Gasteiger partial charge in [0.25, 0.3) is 47.3 Å². The van der Waals surface area contributed by atoms with Crippen molar-refractivity contribution in [1.82, 2.24) is 72.2 Å². The number of carbonyl (C=O) groups excluding carboxylic acids is 10. The Kier molecular flexibility index (Phi) is 26.1. The molecule has 0 fully saturated rings. The van der Waals surface area contributed by atoms with Crippen LogP contribution in [0.3, 0.4) is 0 Å². The molecule has 3 aliphatic rings. The van der Waals surface area contributed by atoms with E-state index in [1.54, 1.807) is 0 Å². The first kappa shape index (κ1) is 71.4. The molecule has 31 nitrogen and oxygen atoms in total. The molecule has 9 amide bonds. The van der Waals surface area contributed by atoms with Gasteiger partial charge < -0.3 is 83.3 Å². The highest BCUT2D eigenvalue weighted by Gasteiger charge is 2.28. The molecule has 0 saturated carbocycles. The highest BCUT2D eigenvalue weighted by molar-refractivity contribution is 6.06. The third-order valence-electron chi connectivity index (χ3n) is 16.5. The van der Waals surface area contributed by atoms with Gasteiger partial charge in [-0.05, 0) is 67.8 Å². The second-order valence-corrected chi connectivity index (χ2v) is 23.0. The number of aromatic nitrogens is 1. The Bertz CT molecular complexity index is 3440. The smallest absolute Gasteiger partial charge is 0.333 e. The maximum absolute atomic E-state index is 14.1. The number of hydrogen-bond donors (Lipinski definition) is 15. The summed E-state index contributed by atoms with van der Waals surface area (Å²) >= 11 is 0. The zero-order chi connectivity index (χ0) is 68.7. The van der Waals surface area contributed by atoms with Crippen LogP contribution in [0.25, 0.3) is 0 Å². The van der Waals surface area contributed by atoms with Crippen LogP contribution in [0, 0.1) is 0 Å². The van der Waals surface area contributed by atoms with Crippen molar-refractivity contribution < 1.29 is 83.4 Å². The molecule has 1 atom stereocenters. The number of phenols is 4. The zero-order valence-electron chi connectivity index (χ0n) is 53.0. The summed E-state index contributed by atoms with van der Waals surface area (Å²) in [6, 6.07) is 18.4. The fourth-order valence-electron chi connectivity index (χ4n) is 11.3. The molecule has 1 unspecified atom stereocenters. The van der Waals surface area contributed by atoms with E-state index in [4.69, 9.17) is 4.84 Å². The van der Waals surface area contributed by atoms with Crippen molar-refractivity contribution in [3.63, 3.8) is 0 Å². The minimum Gasteiger partial charge on any atom is -0.506 e. The Labute approximate surface area is 552 Å². The summed E-state index contributed by atoms with van der Waals surface area (Å²) in [4.78, 5) is 150. The quantitative estimate of drug-likeness (QED) is 0.0776. The Morgan fingerprint density at radius 3 is 1.01 bits per heavy atom. The van der Waals surface area contributed by atoms with Gasteiger partial charge in [0.1, 0.15) is 23.0 Å². The van der Waals surface area contributed by atoms with E-state index in [1.807, 2.05) is 19.6 Å². The van der Waals surface area contributed by atoms with E-state index in [-0.39, 0.29) is 201 Å². The Morgan fingerprint density at radius 2 is 0.688 bits per heavy atom. The van der Waals surface area contributed by atoms with Crippen LogP contribution in [0.4, 0.5) is 0 Å². The number of carbonyl (C=O) groups is 10. The molecule has 12 bridgehead atoms. The summed E-state index contributed by atoms with van der Waals surface area (Å²) in [6.45, 7) is 1.18. The van der Waals surface area contributed by atoms with E-state index in [0.717, 1.165) is 12.1 Å². The molecule has 514 valence electrons. The molecule has 4 aromatic carbocycles. The molecule has 0 radical (unpaired) electrons. The summed E-state index contributed by atoms with van der Waals surface area (Å²) < 4.78 is 0.544. The van der Waals surface area contributed by atoms with Crippen LogP contribution in [-0.4, -0.2) is 251 Å². The summed E-state index contributed by atoms with van der Waals surface area (Å²) in [6.07, 6.45) is 0.943. The number of amides is 9. The number of unbranched alkanes of at least 4 members (excludes halogenated alkanes) is 1. The number of fused-ring (bicyclic) bond motifs is 20. The normalized spacial score (nSPS) is 20.4. The van der Waals surface area contributed by atoms with Gasteiger partial charge in [0, 0.05) is 162 Å². The third-order valence-corrected chi connectivity index (χ3v) is 16.5. The molecule has 1 aromatic heterocycles. The molecule has 96 heavy (non-hydrogen) atoms. The van der Waals surface area contributed by atoms with Crippen LogP contribution in [0.5, 0.6) is 34.8 Å². The van der Waals surface area contributed by atoms with Crippen molar-refractivity contribution in [1.29, 1.82) is 0 Å². The van der Waals surface area contributed by atoms with Gasteiger partial charge >= 0.3 is 5.97 Å². The average molecular weight is 1330 g/mol. The molecule has 4 heterocycles. The number of phenolic OH excluding ortho intramolecular Hbond substituents is 4. The molecular weight excluding hydrogens is 1250 g/mol. The van der Waals surface area contributed by atoms with Gasteiger partial charge in [-0.1, -0.05) is 30.7 Å². The van der Waals surface area contributed by atoms with Gasteiger partial charge in [-0.2, -0.15) is 0 Å². The highest BCUT2D eigenvalue weighted by atomic mass is 16.7. The first-order valence-electron chi connectivity index (χ1n) is 31.8. The van der Waals surface area contributed by atoms with Gasteiger partial charge in [-0.25, -0.2) is 4.79 Å². The fourth-order valence-corrected chi connectivity index (χ4v) is 11.3. The van der Waals surface area contributed by atoms with Gasteiger partial charge in [0.15, 0.2) is 0 Å².